The molecule has 0 aromatic carbocycles. The number of fused-ring (bicyclic) bond motifs is 3. The number of Topliss-reactive ketones (excluding diaryl/α,β-unsaturated/α-hetero) is 1. The van der Waals surface area contributed by atoms with Crippen molar-refractivity contribution in [3.8, 4) is 0 Å². The van der Waals surface area contributed by atoms with E-state index < -0.39 is 28.0 Å². The molecule has 5 atom stereocenters. The molecule has 3 aliphatic rings. The van der Waals surface area contributed by atoms with E-state index in [9.17, 15) is 24.9 Å². The molecule has 0 radical (unpaired) electrons. The van der Waals surface area contributed by atoms with Crippen LogP contribution in [-0.4, -0.2) is 38.3 Å². The summed E-state index contributed by atoms with van der Waals surface area (Å²) in [7, 11) is 0. The van der Waals surface area contributed by atoms with Crippen LogP contribution in [0.3, 0.4) is 0 Å². The fourth-order valence-electron chi connectivity index (χ4n) is 6.08. The summed E-state index contributed by atoms with van der Waals surface area (Å²) in [5.41, 5.74) is -3.35. The lowest BCUT2D eigenvalue weighted by Crippen LogP contribution is -2.62. The first-order valence-electron chi connectivity index (χ1n) is 9.29. The van der Waals surface area contributed by atoms with E-state index >= 15 is 0 Å². The van der Waals surface area contributed by atoms with Crippen molar-refractivity contribution in [2.24, 2.45) is 22.7 Å². The zero-order valence-electron chi connectivity index (χ0n) is 15.6. The van der Waals surface area contributed by atoms with Crippen molar-refractivity contribution < 1.29 is 24.9 Å². The average molecular weight is 350 g/mol. The van der Waals surface area contributed by atoms with Gasteiger partial charge in [-0.15, -0.1) is 0 Å². The number of carbonyl (C=O) groups is 2. The maximum Gasteiger partial charge on any atom is 0.309 e. The number of carbonyl (C=O) groups excluding carboxylic acids is 1. The molecule has 25 heavy (non-hydrogen) atoms. The molecular formula is C20H30O5. The first-order valence-corrected chi connectivity index (χ1v) is 9.29. The molecule has 0 aromatic rings. The van der Waals surface area contributed by atoms with Gasteiger partial charge in [-0.05, 0) is 63.9 Å². The van der Waals surface area contributed by atoms with Gasteiger partial charge in [0.1, 0.15) is 0 Å². The summed E-state index contributed by atoms with van der Waals surface area (Å²) >= 11 is 0. The minimum absolute atomic E-state index is 0.0542. The highest BCUT2D eigenvalue weighted by molar-refractivity contribution is 5.98. The second kappa shape index (κ2) is 5.40. The predicted molar refractivity (Wildman–Crippen MR) is 92.9 cm³/mol. The molecule has 140 valence electrons. The van der Waals surface area contributed by atoms with Gasteiger partial charge in [0.25, 0.3) is 0 Å². The molecule has 0 aliphatic heterocycles. The first-order chi connectivity index (χ1) is 11.3. The van der Waals surface area contributed by atoms with Gasteiger partial charge >= 0.3 is 5.97 Å². The van der Waals surface area contributed by atoms with E-state index in [0.29, 0.717) is 19.3 Å². The van der Waals surface area contributed by atoms with E-state index in [1.54, 1.807) is 19.9 Å². The third-order valence-electron chi connectivity index (χ3n) is 7.44. The van der Waals surface area contributed by atoms with Crippen LogP contribution in [0.25, 0.3) is 0 Å². The van der Waals surface area contributed by atoms with Crippen molar-refractivity contribution in [3.63, 3.8) is 0 Å². The van der Waals surface area contributed by atoms with Crippen molar-refractivity contribution in [1.82, 2.24) is 0 Å². The molecule has 3 rings (SSSR count). The molecule has 3 N–H and O–H groups in total. The van der Waals surface area contributed by atoms with E-state index in [4.69, 9.17) is 0 Å². The Bertz CT molecular complexity index is 645. The summed E-state index contributed by atoms with van der Waals surface area (Å²) in [6.07, 6.45) is 5.08. The van der Waals surface area contributed by atoms with E-state index in [2.05, 4.69) is 6.92 Å². The summed E-state index contributed by atoms with van der Waals surface area (Å²) in [5.74, 6) is -1.26. The Balaban J connectivity index is 2.06. The van der Waals surface area contributed by atoms with Gasteiger partial charge in [-0.2, -0.15) is 0 Å². The van der Waals surface area contributed by atoms with Crippen LogP contribution in [0.4, 0.5) is 0 Å². The Hall–Kier alpha value is -1.20. The van der Waals surface area contributed by atoms with Crippen molar-refractivity contribution in [2.45, 2.75) is 77.4 Å². The Morgan fingerprint density at radius 3 is 2.40 bits per heavy atom. The van der Waals surface area contributed by atoms with Crippen LogP contribution in [0.2, 0.25) is 0 Å². The number of carboxylic acid groups (broad SMARTS) is 1. The summed E-state index contributed by atoms with van der Waals surface area (Å²) in [5, 5.41) is 31.5. The van der Waals surface area contributed by atoms with Gasteiger partial charge in [-0.1, -0.05) is 13.3 Å². The average Bonchev–Trinajstić information content (AvgIpc) is 2.47. The smallest absolute Gasteiger partial charge is 0.309 e. The summed E-state index contributed by atoms with van der Waals surface area (Å²) in [4.78, 5) is 24.7. The molecule has 5 nitrogen and oxygen atoms in total. The number of ketones is 1. The highest BCUT2D eigenvalue weighted by atomic mass is 16.4. The number of hydrogen-bond donors (Lipinski definition) is 3. The van der Waals surface area contributed by atoms with Crippen LogP contribution in [0.5, 0.6) is 0 Å². The Morgan fingerprint density at radius 1 is 1.20 bits per heavy atom. The van der Waals surface area contributed by atoms with Crippen molar-refractivity contribution in [3.05, 3.63) is 11.6 Å². The van der Waals surface area contributed by atoms with E-state index in [0.717, 1.165) is 12.8 Å². The summed E-state index contributed by atoms with van der Waals surface area (Å²) < 4.78 is 0. The van der Waals surface area contributed by atoms with Crippen LogP contribution in [0.15, 0.2) is 11.6 Å². The maximum absolute atomic E-state index is 12.7. The normalized spacial score (nSPS) is 44.6. The summed E-state index contributed by atoms with van der Waals surface area (Å²) in [6.45, 7) is 7.01. The van der Waals surface area contributed by atoms with E-state index in [1.165, 1.54) is 0 Å². The molecule has 0 bridgehead atoms. The molecule has 2 saturated carbocycles. The minimum atomic E-state index is -1.28. The molecule has 0 amide bonds. The Morgan fingerprint density at radius 2 is 1.84 bits per heavy atom. The minimum Gasteiger partial charge on any atom is -0.481 e. The second-order valence-corrected chi connectivity index (χ2v) is 9.46. The van der Waals surface area contributed by atoms with Crippen molar-refractivity contribution in [2.75, 3.05) is 0 Å². The fraction of sp³-hybridized carbons (Fsp3) is 0.800. The van der Waals surface area contributed by atoms with Crippen LogP contribution in [-0.2, 0) is 9.59 Å². The second-order valence-electron chi connectivity index (χ2n) is 9.46. The molecule has 5 heteroatoms. The number of rotatable bonds is 2. The van der Waals surface area contributed by atoms with Gasteiger partial charge in [-0.3, -0.25) is 9.59 Å². The maximum atomic E-state index is 12.7. The molecule has 0 saturated heterocycles. The van der Waals surface area contributed by atoms with Gasteiger partial charge in [0, 0.05) is 17.9 Å². The standard InChI is InChI=1S/C20H30O5/c1-17(2,24)12-11-20(25)9-6-14-18(3,15(20)10-13(12)21)7-5-8-19(14,4)16(22)23/h11,14-15,24-25H,5-10H2,1-4H3,(H,22,23). The number of aliphatic carboxylic acids is 1. The topological polar surface area (TPSA) is 94.8 Å². The van der Waals surface area contributed by atoms with Crippen molar-refractivity contribution >= 4 is 11.8 Å². The fourth-order valence-corrected chi connectivity index (χ4v) is 6.08. The Labute approximate surface area is 149 Å². The zero-order chi connectivity index (χ0) is 18.8. The van der Waals surface area contributed by atoms with Gasteiger partial charge in [0.15, 0.2) is 5.78 Å². The lowest BCUT2D eigenvalue weighted by molar-refractivity contribution is -0.187. The van der Waals surface area contributed by atoms with Crippen LogP contribution >= 0.6 is 0 Å². The molecular weight excluding hydrogens is 320 g/mol. The highest BCUT2D eigenvalue weighted by Crippen LogP contribution is 2.64. The molecule has 0 aromatic heterocycles. The van der Waals surface area contributed by atoms with Gasteiger partial charge < -0.3 is 15.3 Å². The zero-order valence-corrected chi connectivity index (χ0v) is 15.6. The summed E-state index contributed by atoms with van der Waals surface area (Å²) in [6, 6.07) is 0. The highest BCUT2D eigenvalue weighted by Gasteiger charge is 2.63. The van der Waals surface area contributed by atoms with Crippen LogP contribution < -0.4 is 0 Å². The van der Waals surface area contributed by atoms with Crippen LogP contribution in [0, 0.1) is 22.7 Å². The van der Waals surface area contributed by atoms with E-state index in [-0.39, 0.29) is 29.6 Å². The molecule has 0 heterocycles. The van der Waals surface area contributed by atoms with Crippen molar-refractivity contribution in [1.29, 1.82) is 0 Å². The third-order valence-corrected chi connectivity index (χ3v) is 7.44. The largest absolute Gasteiger partial charge is 0.481 e. The quantitative estimate of drug-likeness (QED) is 0.712. The monoisotopic (exact) mass is 350 g/mol. The number of carboxylic acids is 1. The number of hydrogen-bond acceptors (Lipinski definition) is 4. The lowest BCUT2D eigenvalue weighted by atomic mass is 9.43. The van der Waals surface area contributed by atoms with Crippen LogP contribution in [0.1, 0.15) is 66.2 Å². The lowest BCUT2D eigenvalue weighted by Gasteiger charge is -2.61. The number of aliphatic hydroxyl groups is 2. The SMILES string of the molecule is CC(C)(O)C1=CC2(O)CCC3C(C)(C(=O)O)CCCC3(C)C2CC1=O. The third kappa shape index (κ3) is 2.58. The van der Waals surface area contributed by atoms with E-state index in [1.807, 2.05) is 6.92 Å². The molecule has 2 fully saturated rings. The molecule has 3 aliphatic carbocycles. The van der Waals surface area contributed by atoms with Gasteiger partial charge in [0.05, 0.1) is 16.6 Å². The Kier molecular flexibility index (Phi) is 4.01. The van der Waals surface area contributed by atoms with Gasteiger partial charge in [0.2, 0.25) is 0 Å². The predicted octanol–water partition coefficient (Wildman–Crippen LogP) is 2.69. The van der Waals surface area contributed by atoms with Gasteiger partial charge in [-0.25, -0.2) is 0 Å². The first kappa shape index (κ1) is 18.6. The molecule has 0 spiro atoms. The molecule has 5 unspecified atom stereocenters.